The van der Waals surface area contributed by atoms with E-state index in [4.69, 9.17) is 4.74 Å². The number of rotatable bonds is 3. The molecular weight excluding hydrogens is 236 g/mol. The van der Waals surface area contributed by atoms with E-state index in [1.165, 1.54) is 64.7 Å². The zero-order valence-electron chi connectivity index (χ0n) is 12.7. The van der Waals surface area contributed by atoms with Gasteiger partial charge in [0.1, 0.15) is 0 Å². The lowest BCUT2D eigenvalue weighted by atomic mass is 9.88. The van der Waals surface area contributed by atoms with Gasteiger partial charge in [-0.15, -0.1) is 0 Å². The number of ether oxygens (including phenoxy) is 1. The monoisotopic (exact) mass is 266 g/mol. The van der Waals surface area contributed by atoms with Crippen LogP contribution in [0.25, 0.3) is 0 Å². The van der Waals surface area contributed by atoms with Crippen molar-refractivity contribution in [3.05, 3.63) is 0 Å². The Labute approximate surface area is 118 Å². The largest absolute Gasteiger partial charge is 0.371 e. The summed E-state index contributed by atoms with van der Waals surface area (Å²) in [5, 5.41) is 3.49. The summed E-state index contributed by atoms with van der Waals surface area (Å²) in [6, 6.07) is 0.842. The van der Waals surface area contributed by atoms with Gasteiger partial charge in [0.15, 0.2) is 0 Å². The van der Waals surface area contributed by atoms with Gasteiger partial charge >= 0.3 is 0 Å². The first-order valence-corrected chi connectivity index (χ1v) is 8.27. The van der Waals surface area contributed by atoms with Crippen molar-refractivity contribution >= 4 is 0 Å². The first-order chi connectivity index (χ1) is 9.14. The fourth-order valence-corrected chi connectivity index (χ4v) is 4.31. The van der Waals surface area contributed by atoms with Crippen LogP contribution in [-0.2, 0) is 4.74 Å². The highest BCUT2D eigenvalue weighted by Gasteiger charge is 2.37. The highest BCUT2D eigenvalue weighted by Crippen LogP contribution is 2.34. The van der Waals surface area contributed by atoms with Gasteiger partial charge in [-0.05, 0) is 77.9 Å². The van der Waals surface area contributed by atoms with E-state index in [0.717, 1.165) is 12.0 Å². The van der Waals surface area contributed by atoms with Crippen molar-refractivity contribution in [2.24, 2.45) is 5.92 Å². The van der Waals surface area contributed by atoms with Crippen LogP contribution in [0, 0.1) is 5.92 Å². The zero-order chi connectivity index (χ0) is 13.3. The summed E-state index contributed by atoms with van der Waals surface area (Å²) in [6.45, 7) is 9.40. The van der Waals surface area contributed by atoms with Gasteiger partial charge in [-0.25, -0.2) is 0 Å². The maximum atomic E-state index is 6.19. The number of nitrogens with one attached hydrogen (secondary N) is 1. The lowest BCUT2D eigenvalue weighted by molar-refractivity contribution is -0.0332. The van der Waals surface area contributed by atoms with E-state index in [9.17, 15) is 0 Å². The van der Waals surface area contributed by atoms with Crippen LogP contribution in [0.2, 0.25) is 0 Å². The second-order valence-corrected chi connectivity index (χ2v) is 7.33. The van der Waals surface area contributed by atoms with Crippen molar-refractivity contribution in [2.45, 2.75) is 70.1 Å². The molecule has 3 nitrogen and oxygen atoms in total. The molecule has 3 aliphatic heterocycles. The Balaban J connectivity index is 1.54. The highest BCUT2D eigenvalue weighted by atomic mass is 16.5. The minimum absolute atomic E-state index is 0.120. The van der Waals surface area contributed by atoms with Gasteiger partial charge in [-0.1, -0.05) is 0 Å². The quantitative estimate of drug-likeness (QED) is 0.849. The molecule has 3 saturated heterocycles. The molecule has 3 heteroatoms. The average Bonchev–Trinajstić information content (AvgIpc) is 2.98. The average molecular weight is 266 g/mol. The molecule has 0 saturated carbocycles. The Bertz CT molecular complexity index is 299. The van der Waals surface area contributed by atoms with E-state index in [0.29, 0.717) is 6.10 Å². The molecule has 0 aromatic rings. The number of hydrogen-bond acceptors (Lipinski definition) is 3. The molecule has 3 rings (SSSR count). The molecule has 110 valence electrons. The summed E-state index contributed by atoms with van der Waals surface area (Å²) >= 11 is 0. The Hall–Kier alpha value is -0.120. The fourth-order valence-electron chi connectivity index (χ4n) is 4.31. The van der Waals surface area contributed by atoms with Crippen molar-refractivity contribution in [3.63, 3.8) is 0 Å². The van der Waals surface area contributed by atoms with E-state index in [2.05, 4.69) is 24.1 Å². The number of hydrogen-bond donors (Lipinski definition) is 1. The number of nitrogens with zero attached hydrogens (tertiary/aromatic N) is 1. The Morgan fingerprint density at radius 3 is 2.63 bits per heavy atom. The predicted octanol–water partition coefficient (Wildman–Crippen LogP) is 2.41. The van der Waals surface area contributed by atoms with E-state index in [-0.39, 0.29) is 5.60 Å². The van der Waals surface area contributed by atoms with Crippen molar-refractivity contribution < 1.29 is 4.74 Å². The number of likely N-dealkylation sites (tertiary alicyclic amines) is 1. The molecule has 0 spiro atoms. The van der Waals surface area contributed by atoms with E-state index in [1.54, 1.807) is 0 Å². The second kappa shape index (κ2) is 5.71. The predicted molar refractivity (Wildman–Crippen MR) is 78.4 cm³/mol. The Kier molecular flexibility index (Phi) is 4.16. The summed E-state index contributed by atoms with van der Waals surface area (Å²) < 4.78 is 6.19. The van der Waals surface area contributed by atoms with Crippen LogP contribution in [-0.4, -0.2) is 48.8 Å². The van der Waals surface area contributed by atoms with Crippen LogP contribution in [0.5, 0.6) is 0 Å². The minimum Gasteiger partial charge on any atom is -0.371 e. The molecule has 3 fully saturated rings. The summed E-state index contributed by atoms with van der Waals surface area (Å²) in [4.78, 5) is 2.75. The SMILES string of the molecule is CC1(C)CCC(CN2CCCC2C2CCNCC2)O1. The molecule has 19 heavy (non-hydrogen) atoms. The summed E-state index contributed by atoms with van der Waals surface area (Å²) in [5.41, 5.74) is 0.120. The van der Waals surface area contributed by atoms with E-state index >= 15 is 0 Å². The van der Waals surface area contributed by atoms with Gasteiger partial charge in [0.05, 0.1) is 11.7 Å². The van der Waals surface area contributed by atoms with Gasteiger partial charge in [-0.3, -0.25) is 4.90 Å². The van der Waals surface area contributed by atoms with Crippen LogP contribution in [0.1, 0.15) is 52.4 Å². The standard InChI is InChI=1S/C16H30N2O/c1-16(2)8-5-14(19-16)12-18-11-3-4-15(18)13-6-9-17-10-7-13/h13-15,17H,3-12H2,1-2H3. The molecule has 0 aromatic carbocycles. The molecule has 0 bridgehead atoms. The Morgan fingerprint density at radius 2 is 1.95 bits per heavy atom. The molecule has 1 N–H and O–H groups in total. The molecule has 0 amide bonds. The molecular formula is C16H30N2O. The highest BCUT2D eigenvalue weighted by molar-refractivity contribution is 4.90. The summed E-state index contributed by atoms with van der Waals surface area (Å²) in [7, 11) is 0. The van der Waals surface area contributed by atoms with Crippen molar-refractivity contribution in [2.75, 3.05) is 26.2 Å². The van der Waals surface area contributed by atoms with E-state index < -0.39 is 0 Å². The van der Waals surface area contributed by atoms with Gasteiger partial charge in [0.2, 0.25) is 0 Å². The third-order valence-corrected chi connectivity index (χ3v) is 5.33. The van der Waals surface area contributed by atoms with Gasteiger partial charge < -0.3 is 10.1 Å². The topological polar surface area (TPSA) is 24.5 Å². The zero-order valence-corrected chi connectivity index (χ0v) is 12.7. The van der Waals surface area contributed by atoms with Crippen LogP contribution in [0.15, 0.2) is 0 Å². The number of piperidine rings is 1. The van der Waals surface area contributed by atoms with E-state index in [1.807, 2.05) is 0 Å². The molecule has 0 radical (unpaired) electrons. The Morgan fingerprint density at radius 1 is 1.16 bits per heavy atom. The maximum absolute atomic E-state index is 6.19. The maximum Gasteiger partial charge on any atom is 0.0710 e. The second-order valence-electron chi connectivity index (χ2n) is 7.33. The van der Waals surface area contributed by atoms with Gasteiger partial charge in [0, 0.05) is 12.6 Å². The molecule has 3 heterocycles. The third-order valence-electron chi connectivity index (χ3n) is 5.33. The first kappa shape index (κ1) is 13.8. The normalized spacial score (nSPS) is 36.9. The van der Waals surface area contributed by atoms with Crippen LogP contribution < -0.4 is 5.32 Å². The summed E-state index contributed by atoms with van der Waals surface area (Å²) in [5.74, 6) is 0.929. The first-order valence-electron chi connectivity index (χ1n) is 8.27. The fraction of sp³-hybridized carbons (Fsp3) is 1.00. The molecule has 2 unspecified atom stereocenters. The van der Waals surface area contributed by atoms with Crippen molar-refractivity contribution in [1.82, 2.24) is 10.2 Å². The molecule has 0 aliphatic carbocycles. The van der Waals surface area contributed by atoms with Crippen molar-refractivity contribution in [3.8, 4) is 0 Å². The lowest BCUT2D eigenvalue weighted by Crippen LogP contribution is -2.44. The van der Waals surface area contributed by atoms with Crippen LogP contribution >= 0.6 is 0 Å². The summed E-state index contributed by atoms with van der Waals surface area (Å²) in [6.07, 6.45) is 8.52. The van der Waals surface area contributed by atoms with Gasteiger partial charge in [-0.2, -0.15) is 0 Å². The van der Waals surface area contributed by atoms with Crippen molar-refractivity contribution in [1.29, 1.82) is 0 Å². The van der Waals surface area contributed by atoms with Crippen LogP contribution in [0.3, 0.4) is 0 Å². The van der Waals surface area contributed by atoms with Crippen LogP contribution in [0.4, 0.5) is 0 Å². The van der Waals surface area contributed by atoms with Gasteiger partial charge in [0.25, 0.3) is 0 Å². The molecule has 3 aliphatic rings. The minimum atomic E-state index is 0.120. The smallest absolute Gasteiger partial charge is 0.0710 e. The lowest BCUT2D eigenvalue weighted by Gasteiger charge is -2.35. The third kappa shape index (κ3) is 3.32. The molecule has 2 atom stereocenters. The molecule has 0 aromatic heterocycles.